The first kappa shape index (κ1) is 37.2. The second-order valence-electron chi connectivity index (χ2n) is 15.6. The summed E-state index contributed by atoms with van der Waals surface area (Å²) < 4.78 is 6.52. The molecule has 0 spiro atoms. The first-order valence-electron chi connectivity index (χ1n) is 20.8. The number of ether oxygens (including phenoxy) is 1. The number of hydrogen-bond donors (Lipinski definition) is 0. The van der Waals surface area contributed by atoms with Crippen LogP contribution in [0.4, 0.5) is 56.9 Å². The van der Waals surface area contributed by atoms with E-state index in [9.17, 15) is 5.26 Å². The molecular weight excluding hydrogens is 771 g/mol. The van der Waals surface area contributed by atoms with Crippen LogP contribution in [0.15, 0.2) is 224 Å². The quantitative estimate of drug-likeness (QED) is 0.150. The summed E-state index contributed by atoms with van der Waals surface area (Å²) in [5, 5.41) is 9.81. The normalized spacial score (nSPS) is 12.9. The fourth-order valence-corrected chi connectivity index (χ4v) is 9.45. The van der Waals surface area contributed by atoms with Gasteiger partial charge in [-0.15, -0.1) is 0 Å². The van der Waals surface area contributed by atoms with E-state index in [2.05, 4.69) is 165 Å². The maximum Gasteiger partial charge on any atom is 0.187 e. The van der Waals surface area contributed by atoms with Crippen LogP contribution in [0.25, 0.3) is 4.85 Å². The van der Waals surface area contributed by atoms with Gasteiger partial charge in [0.15, 0.2) is 17.2 Å². The van der Waals surface area contributed by atoms with Gasteiger partial charge in [-0.25, -0.2) is 4.85 Å². The molecule has 2 aliphatic heterocycles. The zero-order chi connectivity index (χ0) is 42.3. The molecule has 2 aliphatic rings. The molecule has 11 rings (SSSR count). The van der Waals surface area contributed by atoms with E-state index in [0.717, 1.165) is 73.8 Å². The first-order valence-corrected chi connectivity index (χ1v) is 20.8. The largest absolute Gasteiger partial charge is 0.453 e. The number of para-hydroxylation sites is 6. The van der Waals surface area contributed by atoms with E-state index in [0.29, 0.717) is 11.3 Å². The summed E-state index contributed by atoms with van der Waals surface area (Å²) in [5.41, 5.74) is 13.6. The molecule has 0 bridgehead atoms. The standard InChI is InChI=1S/C57H37N5O/c1-59-43-30-34-45(35-31-43)60(44-32-28-40(39-58)29-33-44)46-36-47(38-48(37-46)62-53-24-12-14-26-55(53)63-56-27-15-13-25-54(56)62)61-51-22-10-8-20-49(51)57(41-16-4-2-5-17-41,42-18-6-3-7-19-42)50-21-9-11-23-52(50)61/h2-38H. The van der Waals surface area contributed by atoms with Crippen LogP contribution < -0.4 is 19.4 Å². The Balaban J connectivity index is 1.22. The SMILES string of the molecule is [C-]#[N+]c1ccc(N(c2ccc(C#N)cc2)c2cc(N3c4ccccc4Oc4ccccc43)cc(N3c4ccccc4C(c4ccccc4)(c4ccccc4)c4ccccc43)c2)cc1. The van der Waals surface area contributed by atoms with Crippen molar-refractivity contribution >= 4 is 56.9 Å². The smallest absolute Gasteiger partial charge is 0.187 e. The number of rotatable bonds is 7. The Morgan fingerprint density at radius 3 is 1.38 bits per heavy atom. The summed E-state index contributed by atoms with van der Waals surface area (Å²) in [6.45, 7) is 7.71. The lowest BCUT2D eigenvalue weighted by Gasteiger charge is -2.46. The maximum absolute atomic E-state index is 9.81. The second kappa shape index (κ2) is 15.3. The predicted molar refractivity (Wildman–Crippen MR) is 253 cm³/mol. The minimum absolute atomic E-state index is 0.552. The number of benzene rings is 9. The van der Waals surface area contributed by atoms with E-state index in [-0.39, 0.29) is 0 Å². The van der Waals surface area contributed by atoms with Crippen molar-refractivity contribution in [1.29, 1.82) is 5.26 Å². The van der Waals surface area contributed by atoms with Gasteiger partial charge in [0.1, 0.15) is 0 Å². The minimum atomic E-state index is -0.631. The fraction of sp³-hybridized carbons (Fsp3) is 0.0175. The van der Waals surface area contributed by atoms with Gasteiger partial charge >= 0.3 is 0 Å². The van der Waals surface area contributed by atoms with Crippen molar-refractivity contribution in [3.63, 3.8) is 0 Å². The summed E-state index contributed by atoms with van der Waals surface area (Å²) in [4.78, 5) is 10.6. The van der Waals surface area contributed by atoms with Crippen molar-refractivity contribution in [3.05, 3.63) is 264 Å². The van der Waals surface area contributed by atoms with Gasteiger partial charge < -0.3 is 19.4 Å². The average molecular weight is 808 g/mol. The van der Waals surface area contributed by atoms with E-state index in [1.807, 2.05) is 84.9 Å². The monoisotopic (exact) mass is 807 g/mol. The summed E-state index contributed by atoms with van der Waals surface area (Å²) >= 11 is 0. The Morgan fingerprint density at radius 1 is 0.460 bits per heavy atom. The molecule has 0 fully saturated rings. The summed E-state index contributed by atoms with van der Waals surface area (Å²) in [5.74, 6) is 1.51. The zero-order valence-corrected chi connectivity index (χ0v) is 34.0. The molecule has 0 aromatic heterocycles. The van der Waals surface area contributed by atoms with Crippen molar-refractivity contribution in [3.8, 4) is 17.6 Å². The van der Waals surface area contributed by atoms with E-state index in [4.69, 9.17) is 11.3 Å². The van der Waals surface area contributed by atoms with Crippen molar-refractivity contribution in [2.75, 3.05) is 14.7 Å². The molecule has 6 heteroatoms. The van der Waals surface area contributed by atoms with E-state index in [1.165, 1.54) is 11.1 Å². The average Bonchev–Trinajstić information content (AvgIpc) is 3.35. The number of fused-ring (bicyclic) bond motifs is 4. The summed E-state index contributed by atoms with van der Waals surface area (Å²) in [6.07, 6.45) is 0. The van der Waals surface area contributed by atoms with Gasteiger partial charge in [0.25, 0.3) is 0 Å². The van der Waals surface area contributed by atoms with Gasteiger partial charge in [-0.3, -0.25) is 0 Å². The lowest BCUT2D eigenvalue weighted by atomic mass is 9.62. The van der Waals surface area contributed by atoms with E-state index < -0.39 is 5.41 Å². The van der Waals surface area contributed by atoms with Gasteiger partial charge in [-0.1, -0.05) is 133 Å². The van der Waals surface area contributed by atoms with Gasteiger partial charge in [0.2, 0.25) is 0 Å². The van der Waals surface area contributed by atoms with Gasteiger partial charge in [0.05, 0.1) is 63.4 Å². The third-order valence-electron chi connectivity index (χ3n) is 12.1. The molecule has 0 unspecified atom stereocenters. The molecule has 0 saturated carbocycles. The van der Waals surface area contributed by atoms with Gasteiger partial charge in [0, 0.05) is 11.4 Å². The van der Waals surface area contributed by atoms with E-state index >= 15 is 0 Å². The molecular formula is C57H37N5O. The highest BCUT2D eigenvalue weighted by atomic mass is 16.5. The number of nitrogens with zero attached hydrogens (tertiary/aromatic N) is 5. The molecule has 0 amide bonds. The molecule has 2 heterocycles. The Morgan fingerprint density at radius 2 is 0.889 bits per heavy atom. The van der Waals surface area contributed by atoms with Crippen molar-refractivity contribution in [2.45, 2.75) is 5.41 Å². The highest BCUT2D eigenvalue weighted by Crippen LogP contribution is 2.59. The van der Waals surface area contributed by atoms with Crippen LogP contribution in [0, 0.1) is 17.9 Å². The first-order chi connectivity index (χ1) is 31.1. The van der Waals surface area contributed by atoms with Gasteiger partial charge in [-0.2, -0.15) is 5.26 Å². The maximum atomic E-state index is 9.81. The molecule has 0 atom stereocenters. The molecule has 9 aromatic rings. The molecule has 6 nitrogen and oxygen atoms in total. The summed E-state index contributed by atoms with van der Waals surface area (Å²) in [6, 6.07) is 79.9. The Bertz CT molecular complexity index is 3050. The topological polar surface area (TPSA) is 47.1 Å². The van der Waals surface area contributed by atoms with Crippen LogP contribution in [-0.2, 0) is 5.41 Å². The lowest BCUT2D eigenvalue weighted by molar-refractivity contribution is 0.477. The molecule has 296 valence electrons. The molecule has 63 heavy (non-hydrogen) atoms. The number of nitriles is 1. The molecule has 0 N–H and O–H groups in total. The highest BCUT2D eigenvalue weighted by molar-refractivity contribution is 5.95. The second-order valence-corrected chi connectivity index (χ2v) is 15.6. The third-order valence-corrected chi connectivity index (χ3v) is 12.1. The lowest BCUT2D eigenvalue weighted by Crippen LogP contribution is -2.37. The zero-order valence-electron chi connectivity index (χ0n) is 34.0. The van der Waals surface area contributed by atoms with Crippen molar-refractivity contribution in [2.24, 2.45) is 0 Å². The van der Waals surface area contributed by atoms with Crippen molar-refractivity contribution in [1.82, 2.24) is 0 Å². The summed E-state index contributed by atoms with van der Waals surface area (Å²) in [7, 11) is 0. The Labute approximate surface area is 366 Å². The third kappa shape index (κ3) is 6.09. The molecule has 0 radical (unpaired) electrons. The van der Waals surface area contributed by atoms with E-state index in [1.54, 1.807) is 0 Å². The van der Waals surface area contributed by atoms with Crippen molar-refractivity contribution < 1.29 is 4.74 Å². The molecule has 0 saturated heterocycles. The predicted octanol–water partition coefficient (Wildman–Crippen LogP) is 15.3. The van der Waals surface area contributed by atoms with Gasteiger partial charge in [-0.05, 0) is 113 Å². The van der Waals surface area contributed by atoms with Crippen LogP contribution in [-0.4, -0.2) is 0 Å². The Hall–Kier alpha value is -8.84. The minimum Gasteiger partial charge on any atom is -0.453 e. The van der Waals surface area contributed by atoms with Crippen LogP contribution >= 0.6 is 0 Å². The fourth-order valence-electron chi connectivity index (χ4n) is 9.45. The Kier molecular flexibility index (Phi) is 9.04. The number of hydrogen-bond acceptors (Lipinski definition) is 5. The highest BCUT2D eigenvalue weighted by Gasteiger charge is 2.46. The van der Waals surface area contributed by atoms with Crippen LogP contribution in [0.3, 0.4) is 0 Å². The van der Waals surface area contributed by atoms with Crippen LogP contribution in [0.2, 0.25) is 0 Å². The molecule has 0 aliphatic carbocycles. The number of anilines is 9. The van der Waals surface area contributed by atoms with Crippen LogP contribution in [0.5, 0.6) is 11.5 Å². The van der Waals surface area contributed by atoms with Crippen LogP contribution in [0.1, 0.15) is 27.8 Å². The molecule has 9 aromatic carbocycles.